The van der Waals surface area contributed by atoms with Gasteiger partial charge in [0.25, 0.3) is 0 Å². The molecule has 3 atom stereocenters. The summed E-state index contributed by atoms with van der Waals surface area (Å²) in [5.41, 5.74) is 0. The zero-order chi connectivity index (χ0) is 22.8. The third-order valence-corrected chi connectivity index (χ3v) is 5.94. The van der Waals surface area contributed by atoms with Crippen molar-refractivity contribution in [3.05, 3.63) is 0 Å². The summed E-state index contributed by atoms with van der Waals surface area (Å²) in [6, 6.07) is 0. The number of hydrogen-bond acceptors (Lipinski definition) is 7. The van der Waals surface area contributed by atoms with Crippen LogP contribution in [0.15, 0.2) is 0 Å². The Bertz CT molecular complexity index is 555. The van der Waals surface area contributed by atoms with Gasteiger partial charge in [-0.3, -0.25) is 14.5 Å². The van der Waals surface area contributed by atoms with Gasteiger partial charge < -0.3 is 29.9 Å². The molecular formula is C22H41N3O6. The van der Waals surface area contributed by atoms with E-state index in [1.807, 2.05) is 13.8 Å². The van der Waals surface area contributed by atoms with E-state index in [-0.39, 0.29) is 37.4 Å². The lowest BCUT2D eigenvalue weighted by molar-refractivity contribution is -0.140. The number of carbonyl (C=O) groups is 2. The van der Waals surface area contributed by atoms with Crippen molar-refractivity contribution in [1.29, 1.82) is 0 Å². The SMILES string of the molecule is CC(C)CC(=O)N1CCN(C(=O)CN2CCCC2)CCCCOC[C@@H](O)[C@H](O)[C@@H](O)C1. The lowest BCUT2D eigenvalue weighted by atomic mass is 10.1. The second kappa shape index (κ2) is 13.3. The highest BCUT2D eigenvalue weighted by Crippen LogP contribution is 2.12. The molecule has 0 saturated carbocycles. The highest BCUT2D eigenvalue weighted by Gasteiger charge is 2.29. The van der Waals surface area contributed by atoms with E-state index in [1.165, 1.54) is 4.90 Å². The molecule has 2 rings (SSSR count). The molecule has 2 aliphatic heterocycles. The van der Waals surface area contributed by atoms with E-state index in [1.54, 1.807) is 4.90 Å². The van der Waals surface area contributed by atoms with E-state index in [2.05, 4.69) is 4.90 Å². The standard InChI is InChI=1S/C22H41N3O6/c1-17(2)13-20(28)25-11-10-24(21(29)15-23-7-3-4-8-23)9-5-6-12-31-16-19(27)22(30)18(26)14-25/h17-19,22,26-27,30H,3-16H2,1-2H3/t18-,19+,22+/m0/s1. The summed E-state index contributed by atoms with van der Waals surface area (Å²) < 4.78 is 5.43. The molecule has 2 aliphatic rings. The van der Waals surface area contributed by atoms with Gasteiger partial charge in [0.15, 0.2) is 0 Å². The first-order chi connectivity index (χ1) is 14.8. The Morgan fingerprint density at radius 3 is 2.19 bits per heavy atom. The minimum atomic E-state index is -1.41. The van der Waals surface area contributed by atoms with Crippen molar-refractivity contribution in [3.63, 3.8) is 0 Å². The van der Waals surface area contributed by atoms with Crippen LogP contribution in [0.5, 0.6) is 0 Å². The highest BCUT2D eigenvalue weighted by atomic mass is 16.5. The molecule has 2 saturated heterocycles. The van der Waals surface area contributed by atoms with Crippen LogP contribution in [0.1, 0.15) is 46.0 Å². The van der Waals surface area contributed by atoms with Crippen molar-refractivity contribution in [2.45, 2.75) is 64.3 Å². The Morgan fingerprint density at radius 2 is 1.52 bits per heavy atom. The summed E-state index contributed by atoms with van der Waals surface area (Å²) >= 11 is 0. The first kappa shape index (κ1) is 26.0. The number of aliphatic hydroxyl groups excluding tert-OH is 3. The van der Waals surface area contributed by atoms with Crippen LogP contribution in [-0.2, 0) is 14.3 Å². The second-order valence-corrected chi connectivity index (χ2v) is 9.21. The Morgan fingerprint density at radius 1 is 0.871 bits per heavy atom. The molecule has 9 heteroatoms. The van der Waals surface area contributed by atoms with Crippen LogP contribution in [0.25, 0.3) is 0 Å². The van der Waals surface area contributed by atoms with Gasteiger partial charge in [-0.1, -0.05) is 13.8 Å². The van der Waals surface area contributed by atoms with Crippen molar-refractivity contribution in [2.75, 3.05) is 59.0 Å². The van der Waals surface area contributed by atoms with Gasteiger partial charge in [0.2, 0.25) is 11.8 Å². The Hall–Kier alpha value is -1.26. The van der Waals surface area contributed by atoms with Gasteiger partial charge in [0.05, 0.1) is 13.2 Å². The molecule has 0 radical (unpaired) electrons. The molecule has 3 N–H and O–H groups in total. The van der Waals surface area contributed by atoms with Crippen LogP contribution in [-0.4, -0.2) is 119 Å². The summed E-state index contributed by atoms with van der Waals surface area (Å²) in [6.07, 6.45) is 0.0931. The van der Waals surface area contributed by atoms with E-state index in [4.69, 9.17) is 4.74 Å². The summed E-state index contributed by atoms with van der Waals surface area (Å²) in [5.74, 6) is 0.0720. The van der Waals surface area contributed by atoms with Crippen LogP contribution in [0.4, 0.5) is 0 Å². The predicted molar refractivity (Wildman–Crippen MR) is 116 cm³/mol. The van der Waals surface area contributed by atoms with Gasteiger partial charge in [-0.25, -0.2) is 0 Å². The maximum absolute atomic E-state index is 12.9. The molecular weight excluding hydrogens is 402 g/mol. The van der Waals surface area contributed by atoms with Crippen molar-refractivity contribution in [1.82, 2.24) is 14.7 Å². The molecule has 180 valence electrons. The van der Waals surface area contributed by atoms with E-state index in [9.17, 15) is 24.9 Å². The van der Waals surface area contributed by atoms with Crippen molar-refractivity contribution in [3.8, 4) is 0 Å². The zero-order valence-electron chi connectivity index (χ0n) is 19.1. The normalized spacial score (nSPS) is 28.0. The third-order valence-electron chi connectivity index (χ3n) is 5.94. The monoisotopic (exact) mass is 443 g/mol. The Balaban J connectivity index is 2.09. The van der Waals surface area contributed by atoms with Gasteiger partial charge in [-0.15, -0.1) is 0 Å². The van der Waals surface area contributed by atoms with Gasteiger partial charge in [-0.05, 0) is 44.7 Å². The van der Waals surface area contributed by atoms with Crippen molar-refractivity contribution in [2.24, 2.45) is 5.92 Å². The molecule has 0 aromatic carbocycles. The maximum atomic E-state index is 12.9. The van der Waals surface area contributed by atoms with E-state index >= 15 is 0 Å². The van der Waals surface area contributed by atoms with Gasteiger partial charge in [-0.2, -0.15) is 0 Å². The quantitative estimate of drug-likeness (QED) is 0.546. The molecule has 2 heterocycles. The zero-order valence-corrected chi connectivity index (χ0v) is 19.1. The van der Waals surface area contributed by atoms with E-state index < -0.39 is 18.3 Å². The summed E-state index contributed by atoms with van der Waals surface area (Å²) in [5, 5.41) is 30.8. The number of hydrogen-bond donors (Lipinski definition) is 3. The largest absolute Gasteiger partial charge is 0.388 e. The van der Waals surface area contributed by atoms with E-state index in [0.29, 0.717) is 32.7 Å². The molecule has 0 aromatic heterocycles. The molecule has 2 fully saturated rings. The molecule has 0 spiro atoms. The fourth-order valence-corrected chi connectivity index (χ4v) is 4.03. The first-order valence-corrected chi connectivity index (χ1v) is 11.7. The summed E-state index contributed by atoms with van der Waals surface area (Å²) in [4.78, 5) is 31.2. The first-order valence-electron chi connectivity index (χ1n) is 11.7. The minimum Gasteiger partial charge on any atom is -0.388 e. The topological polar surface area (TPSA) is 114 Å². The molecule has 0 bridgehead atoms. The third kappa shape index (κ3) is 9.02. The Labute approximate surface area is 185 Å². The maximum Gasteiger partial charge on any atom is 0.236 e. The molecule has 9 nitrogen and oxygen atoms in total. The van der Waals surface area contributed by atoms with Crippen LogP contribution in [0.2, 0.25) is 0 Å². The van der Waals surface area contributed by atoms with Crippen LogP contribution < -0.4 is 0 Å². The molecule has 0 unspecified atom stereocenters. The average molecular weight is 444 g/mol. The van der Waals surface area contributed by atoms with Crippen molar-refractivity contribution < 1.29 is 29.6 Å². The smallest absolute Gasteiger partial charge is 0.236 e. The van der Waals surface area contributed by atoms with Crippen molar-refractivity contribution >= 4 is 11.8 Å². The fraction of sp³-hybridized carbons (Fsp3) is 0.909. The number of aliphatic hydroxyl groups is 3. The number of ether oxygens (including phenoxy) is 1. The number of β-amino-alcohol motifs (C(OH)–C–C–N with tert-alkyl or cyclic N) is 1. The van der Waals surface area contributed by atoms with Gasteiger partial charge in [0.1, 0.15) is 18.3 Å². The predicted octanol–water partition coefficient (Wildman–Crippen LogP) is -0.321. The molecule has 31 heavy (non-hydrogen) atoms. The highest BCUT2D eigenvalue weighted by molar-refractivity contribution is 5.79. The number of amides is 2. The van der Waals surface area contributed by atoms with Gasteiger partial charge in [0, 0.05) is 39.2 Å². The summed E-state index contributed by atoms with van der Waals surface area (Å²) in [7, 11) is 0. The fourth-order valence-electron chi connectivity index (χ4n) is 4.03. The number of rotatable bonds is 4. The average Bonchev–Trinajstić information content (AvgIpc) is 3.22. The van der Waals surface area contributed by atoms with Crippen LogP contribution >= 0.6 is 0 Å². The molecule has 0 aromatic rings. The molecule has 2 amide bonds. The van der Waals surface area contributed by atoms with Crippen LogP contribution in [0, 0.1) is 5.92 Å². The number of carbonyl (C=O) groups excluding carboxylic acids is 2. The number of likely N-dealkylation sites (tertiary alicyclic amines) is 1. The minimum absolute atomic E-state index is 0.0576. The molecule has 0 aliphatic carbocycles. The Kier molecular flexibility index (Phi) is 11.2. The van der Waals surface area contributed by atoms with Crippen LogP contribution in [0.3, 0.4) is 0 Å². The summed E-state index contributed by atoms with van der Waals surface area (Å²) in [6.45, 7) is 7.63. The lowest BCUT2D eigenvalue weighted by Gasteiger charge is -2.33. The van der Waals surface area contributed by atoms with E-state index in [0.717, 1.165) is 38.8 Å². The number of nitrogens with zero attached hydrogens (tertiary/aromatic N) is 3. The van der Waals surface area contributed by atoms with Gasteiger partial charge >= 0.3 is 0 Å². The second-order valence-electron chi connectivity index (χ2n) is 9.21. The lowest BCUT2D eigenvalue weighted by Crippen LogP contribution is -2.50.